The molecule has 144 valence electrons. The predicted molar refractivity (Wildman–Crippen MR) is 106 cm³/mol. The van der Waals surface area contributed by atoms with E-state index in [0.717, 1.165) is 44.2 Å². The lowest BCUT2D eigenvalue weighted by Crippen LogP contribution is -2.46. The molecule has 1 fully saturated rings. The number of piperidine rings is 1. The Bertz CT molecular complexity index is 595. The number of nitrogens with one attached hydrogen (secondary N) is 2. The van der Waals surface area contributed by atoms with E-state index in [1.807, 2.05) is 18.2 Å². The molecule has 6 nitrogen and oxygen atoms in total. The summed E-state index contributed by atoms with van der Waals surface area (Å²) in [6.45, 7) is 8.03. The Kier molecular flexibility index (Phi) is 8.25. The second kappa shape index (κ2) is 10.7. The van der Waals surface area contributed by atoms with Gasteiger partial charge in [0.05, 0.1) is 6.54 Å². The van der Waals surface area contributed by atoms with E-state index in [4.69, 9.17) is 9.73 Å². The van der Waals surface area contributed by atoms with Gasteiger partial charge in [-0.15, -0.1) is 0 Å². The van der Waals surface area contributed by atoms with Crippen molar-refractivity contribution in [1.29, 1.82) is 0 Å². The van der Waals surface area contributed by atoms with Crippen molar-refractivity contribution in [1.82, 2.24) is 15.5 Å². The molecule has 0 spiro atoms. The summed E-state index contributed by atoms with van der Waals surface area (Å²) in [5.74, 6) is 2.44. The van der Waals surface area contributed by atoms with Crippen LogP contribution in [0.4, 0.5) is 0 Å². The number of aryl methyl sites for hydroxylation is 1. The zero-order chi connectivity index (χ0) is 18.8. The van der Waals surface area contributed by atoms with Crippen LogP contribution in [0.5, 0.6) is 5.75 Å². The number of nitrogens with zero attached hydrogens (tertiary/aromatic N) is 2. The highest BCUT2D eigenvalue weighted by molar-refractivity contribution is 5.80. The number of benzene rings is 1. The highest BCUT2D eigenvalue weighted by Crippen LogP contribution is 2.20. The molecule has 0 radical (unpaired) electrons. The van der Waals surface area contributed by atoms with Gasteiger partial charge in [0, 0.05) is 33.1 Å². The van der Waals surface area contributed by atoms with E-state index in [-0.39, 0.29) is 5.91 Å². The molecule has 1 aliphatic rings. The van der Waals surface area contributed by atoms with Crippen LogP contribution in [-0.4, -0.2) is 56.6 Å². The maximum atomic E-state index is 11.5. The summed E-state index contributed by atoms with van der Waals surface area (Å²) >= 11 is 0. The first-order chi connectivity index (χ1) is 12.6. The van der Waals surface area contributed by atoms with Gasteiger partial charge < -0.3 is 20.3 Å². The molecule has 26 heavy (non-hydrogen) atoms. The Hall–Kier alpha value is -2.24. The molecular formula is C20H32N4O2. The highest BCUT2D eigenvalue weighted by Gasteiger charge is 2.22. The molecule has 0 saturated carbocycles. The van der Waals surface area contributed by atoms with Crippen LogP contribution in [-0.2, 0) is 4.79 Å². The summed E-state index contributed by atoms with van der Waals surface area (Å²) < 4.78 is 5.78. The van der Waals surface area contributed by atoms with Crippen molar-refractivity contribution >= 4 is 11.9 Å². The quantitative estimate of drug-likeness (QED) is 0.444. The first kappa shape index (κ1) is 20.1. The van der Waals surface area contributed by atoms with Gasteiger partial charge in [0.25, 0.3) is 0 Å². The van der Waals surface area contributed by atoms with E-state index in [1.54, 1.807) is 7.05 Å². The average molecular weight is 361 g/mol. The monoisotopic (exact) mass is 360 g/mol. The SMILES string of the molecule is CCNC(=NCCOc1cccc(C)c1)N1CCC(CC(=O)NC)CC1. The standard InChI is InChI=1S/C20H32N4O2/c1-4-22-20(23-10-13-26-18-7-5-6-16(2)14-18)24-11-8-17(9-12-24)15-19(25)21-3/h5-7,14,17H,4,8-13,15H2,1-3H3,(H,21,25)(H,22,23). The maximum absolute atomic E-state index is 11.5. The van der Waals surface area contributed by atoms with E-state index in [0.29, 0.717) is 25.5 Å². The number of amides is 1. The van der Waals surface area contributed by atoms with Gasteiger partial charge in [-0.1, -0.05) is 12.1 Å². The molecule has 6 heteroatoms. The Morgan fingerprint density at radius 3 is 2.77 bits per heavy atom. The molecule has 0 aliphatic carbocycles. The second-order valence-corrected chi connectivity index (χ2v) is 6.71. The Morgan fingerprint density at radius 1 is 1.35 bits per heavy atom. The number of hydrogen-bond donors (Lipinski definition) is 2. The topological polar surface area (TPSA) is 66.0 Å². The molecule has 0 bridgehead atoms. The number of likely N-dealkylation sites (tertiary alicyclic amines) is 1. The van der Waals surface area contributed by atoms with Crippen LogP contribution in [0.1, 0.15) is 31.7 Å². The van der Waals surface area contributed by atoms with Gasteiger partial charge in [0.2, 0.25) is 5.91 Å². The minimum atomic E-state index is 0.136. The minimum absolute atomic E-state index is 0.136. The highest BCUT2D eigenvalue weighted by atomic mass is 16.5. The summed E-state index contributed by atoms with van der Waals surface area (Å²) in [4.78, 5) is 18.5. The lowest BCUT2D eigenvalue weighted by atomic mass is 9.93. The third kappa shape index (κ3) is 6.58. The van der Waals surface area contributed by atoms with Crippen molar-refractivity contribution in [2.24, 2.45) is 10.9 Å². The third-order valence-corrected chi connectivity index (χ3v) is 4.61. The van der Waals surface area contributed by atoms with Crippen molar-refractivity contribution < 1.29 is 9.53 Å². The third-order valence-electron chi connectivity index (χ3n) is 4.61. The molecule has 1 amide bonds. The number of hydrogen-bond acceptors (Lipinski definition) is 3. The molecule has 0 atom stereocenters. The first-order valence-electron chi connectivity index (χ1n) is 9.55. The van der Waals surface area contributed by atoms with Gasteiger partial charge in [-0.25, -0.2) is 4.99 Å². The molecule has 0 unspecified atom stereocenters. The number of aliphatic imine (C=N–C) groups is 1. The zero-order valence-electron chi connectivity index (χ0n) is 16.3. The van der Waals surface area contributed by atoms with Crippen LogP contribution in [0.15, 0.2) is 29.3 Å². The normalized spacial score (nSPS) is 15.7. The number of rotatable bonds is 7. The fraction of sp³-hybridized carbons (Fsp3) is 0.600. The fourth-order valence-corrected chi connectivity index (χ4v) is 3.16. The van der Waals surface area contributed by atoms with E-state index in [9.17, 15) is 4.79 Å². The first-order valence-corrected chi connectivity index (χ1v) is 9.55. The fourth-order valence-electron chi connectivity index (χ4n) is 3.16. The van der Waals surface area contributed by atoms with Crippen LogP contribution < -0.4 is 15.4 Å². The van der Waals surface area contributed by atoms with Crippen molar-refractivity contribution in [3.63, 3.8) is 0 Å². The number of guanidine groups is 1. The molecule has 2 rings (SSSR count). The smallest absolute Gasteiger partial charge is 0.220 e. The van der Waals surface area contributed by atoms with E-state index >= 15 is 0 Å². The largest absolute Gasteiger partial charge is 0.492 e. The summed E-state index contributed by atoms with van der Waals surface area (Å²) in [5, 5.41) is 6.08. The summed E-state index contributed by atoms with van der Waals surface area (Å²) in [5.41, 5.74) is 1.19. The van der Waals surface area contributed by atoms with E-state index in [1.165, 1.54) is 5.56 Å². The predicted octanol–water partition coefficient (Wildman–Crippen LogP) is 2.19. The summed E-state index contributed by atoms with van der Waals surface area (Å²) in [6, 6.07) is 8.06. The average Bonchev–Trinajstić information content (AvgIpc) is 2.65. The molecule has 1 saturated heterocycles. The Balaban J connectivity index is 1.80. The number of ether oxygens (including phenoxy) is 1. The van der Waals surface area contributed by atoms with E-state index in [2.05, 4.69) is 35.4 Å². The molecule has 2 N–H and O–H groups in total. The van der Waals surface area contributed by atoms with Gasteiger partial charge >= 0.3 is 0 Å². The van der Waals surface area contributed by atoms with Crippen LogP contribution >= 0.6 is 0 Å². The van der Waals surface area contributed by atoms with Gasteiger partial charge in [0.1, 0.15) is 12.4 Å². The molecule has 1 aromatic rings. The van der Waals surface area contributed by atoms with Gasteiger partial charge in [-0.2, -0.15) is 0 Å². The maximum Gasteiger partial charge on any atom is 0.220 e. The number of carbonyl (C=O) groups excluding carboxylic acids is 1. The van der Waals surface area contributed by atoms with Crippen molar-refractivity contribution in [2.75, 3.05) is 39.8 Å². The van der Waals surface area contributed by atoms with Crippen LogP contribution in [0.3, 0.4) is 0 Å². The zero-order valence-corrected chi connectivity index (χ0v) is 16.3. The lowest BCUT2D eigenvalue weighted by molar-refractivity contribution is -0.121. The Labute approximate surface area is 157 Å². The van der Waals surface area contributed by atoms with Crippen LogP contribution in [0.2, 0.25) is 0 Å². The van der Waals surface area contributed by atoms with Gasteiger partial charge in [-0.3, -0.25) is 4.79 Å². The van der Waals surface area contributed by atoms with Crippen molar-refractivity contribution in [3.8, 4) is 5.75 Å². The molecule has 1 aromatic carbocycles. The minimum Gasteiger partial charge on any atom is -0.492 e. The molecule has 0 aromatic heterocycles. The van der Waals surface area contributed by atoms with Gasteiger partial charge in [0.15, 0.2) is 5.96 Å². The Morgan fingerprint density at radius 2 is 2.12 bits per heavy atom. The van der Waals surface area contributed by atoms with Crippen LogP contribution in [0, 0.1) is 12.8 Å². The number of carbonyl (C=O) groups is 1. The molecular weight excluding hydrogens is 328 g/mol. The van der Waals surface area contributed by atoms with Crippen molar-refractivity contribution in [2.45, 2.75) is 33.1 Å². The molecule has 1 heterocycles. The van der Waals surface area contributed by atoms with Gasteiger partial charge in [-0.05, 0) is 50.3 Å². The van der Waals surface area contributed by atoms with Crippen molar-refractivity contribution in [3.05, 3.63) is 29.8 Å². The summed E-state index contributed by atoms with van der Waals surface area (Å²) in [7, 11) is 1.70. The van der Waals surface area contributed by atoms with Crippen LogP contribution in [0.25, 0.3) is 0 Å². The summed E-state index contributed by atoms with van der Waals surface area (Å²) in [6.07, 6.45) is 2.68. The van der Waals surface area contributed by atoms with E-state index < -0.39 is 0 Å². The lowest BCUT2D eigenvalue weighted by Gasteiger charge is -2.34. The second-order valence-electron chi connectivity index (χ2n) is 6.71. The molecule has 1 aliphatic heterocycles.